The van der Waals surface area contributed by atoms with Gasteiger partial charge >= 0.3 is 0 Å². The Kier molecular flexibility index (Phi) is 7.42. The first-order valence-electron chi connectivity index (χ1n) is 11.1. The molecule has 0 saturated carbocycles. The molecule has 0 radical (unpaired) electrons. The highest BCUT2D eigenvalue weighted by atomic mass is 35.5. The number of hydrogen-bond acceptors (Lipinski definition) is 4. The van der Waals surface area contributed by atoms with E-state index in [2.05, 4.69) is 34.5 Å². The van der Waals surface area contributed by atoms with Crippen molar-refractivity contribution in [3.05, 3.63) is 71.2 Å². The van der Waals surface area contributed by atoms with E-state index in [0.717, 1.165) is 30.8 Å². The third kappa shape index (κ3) is 6.00. The summed E-state index contributed by atoms with van der Waals surface area (Å²) in [7, 11) is 2.07. The van der Waals surface area contributed by atoms with Gasteiger partial charge in [0.15, 0.2) is 0 Å². The second-order valence-electron chi connectivity index (χ2n) is 8.28. The van der Waals surface area contributed by atoms with Crippen LogP contribution >= 0.6 is 11.6 Å². The van der Waals surface area contributed by atoms with E-state index in [0.29, 0.717) is 30.4 Å². The molecular formula is C25H28ClN5O2. The predicted octanol–water partition coefficient (Wildman–Crippen LogP) is 3.58. The smallest absolute Gasteiger partial charge is 0.240 e. The fourth-order valence-corrected chi connectivity index (χ4v) is 4.15. The van der Waals surface area contributed by atoms with Crippen LogP contribution in [0.4, 0.5) is 5.82 Å². The molecule has 0 spiro atoms. The summed E-state index contributed by atoms with van der Waals surface area (Å²) < 4.78 is 1.78. The average molecular weight is 466 g/mol. The highest BCUT2D eigenvalue weighted by Crippen LogP contribution is 2.29. The predicted molar refractivity (Wildman–Crippen MR) is 130 cm³/mol. The number of nitrogens with zero attached hydrogens (tertiary/aromatic N) is 4. The molecule has 3 aromatic rings. The van der Waals surface area contributed by atoms with Crippen molar-refractivity contribution < 1.29 is 9.59 Å². The van der Waals surface area contributed by atoms with E-state index in [1.54, 1.807) is 10.7 Å². The Balaban J connectivity index is 1.30. The van der Waals surface area contributed by atoms with Gasteiger partial charge in [-0.2, -0.15) is 5.10 Å². The number of benzene rings is 2. The minimum atomic E-state index is -0.173. The molecule has 1 aliphatic heterocycles. The summed E-state index contributed by atoms with van der Waals surface area (Å²) in [6.07, 6.45) is 1.15. The zero-order valence-corrected chi connectivity index (χ0v) is 19.5. The molecule has 1 aliphatic rings. The minimum Gasteiger partial charge on any atom is -0.354 e. The second-order valence-corrected chi connectivity index (χ2v) is 8.71. The standard InChI is InChI=1S/C25H28ClN5O2/c1-29(17-19-7-3-2-4-8-19)13-6-12-27-23(32)18-30-24-16-22(20-9-5-10-21(26)15-20)28-31(24)14-11-25(30)33/h2-5,7-10,15-16H,6,11-14,17-18H2,1H3,(H,27,32). The minimum absolute atomic E-state index is 0.0145. The van der Waals surface area contributed by atoms with Gasteiger partial charge in [-0.05, 0) is 37.7 Å². The zero-order chi connectivity index (χ0) is 23.2. The van der Waals surface area contributed by atoms with Gasteiger partial charge < -0.3 is 10.2 Å². The number of rotatable bonds is 9. The summed E-state index contributed by atoms with van der Waals surface area (Å²) in [5, 5.41) is 8.18. The third-order valence-electron chi connectivity index (χ3n) is 5.63. The van der Waals surface area contributed by atoms with Gasteiger partial charge in [0.1, 0.15) is 12.4 Å². The van der Waals surface area contributed by atoms with Crippen molar-refractivity contribution in [1.29, 1.82) is 0 Å². The highest BCUT2D eigenvalue weighted by molar-refractivity contribution is 6.30. The fourth-order valence-electron chi connectivity index (χ4n) is 3.96. The summed E-state index contributed by atoms with van der Waals surface area (Å²) in [5.74, 6) is 0.393. The van der Waals surface area contributed by atoms with Crippen molar-refractivity contribution in [1.82, 2.24) is 20.0 Å². The van der Waals surface area contributed by atoms with E-state index < -0.39 is 0 Å². The summed E-state index contributed by atoms with van der Waals surface area (Å²) in [4.78, 5) is 28.9. The van der Waals surface area contributed by atoms with Crippen molar-refractivity contribution in [3.63, 3.8) is 0 Å². The number of carbonyl (C=O) groups is 2. The molecule has 2 amide bonds. The zero-order valence-electron chi connectivity index (χ0n) is 18.7. The molecule has 4 rings (SSSR count). The van der Waals surface area contributed by atoms with Gasteiger partial charge in [0.2, 0.25) is 11.8 Å². The lowest BCUT2D eigenvalue weighted by molar-refractivity contribution is -0.124. The molecule has 0 aliphatic carbocycles. The van der Waals surface area contributed by atoms with Crippen LogP contribution in [-0.4, -0.2) is 53.2 Å². The molecule has 2 heterocycles. The number of carbonyl (C=O) groups excluding carboxylic acids is 2. The van der Waals surface area contributed by atoms with Gasteiger partial charge in [-0.3, -0.25) is 14.5 Å². The van der Waals surface area contributed by atoms with E-state index in [4.69, 9.17) is 11.6 Å². The summed E-state index contributed by atoms with van der Waals surface area (Å²) in [6, 6.07) is 19.6. The van der Waals surface area contributed by atoms with E-state index in [-0.39, 0.29) is 18.4 Å². The van der Waals surface area contributed by atoms with Gasteiger partial charge in [-0.15, -0.1) is 0 Å². The SMILES string of the molecule is CN(CCCNC(=O)CN1C(=O)CCn2nc(-c3cccc(Cl)c3)cc21)Cc1ccccc1. The van der Waals surface area contributed by atoms with Gasteiger partial charge in [0.05, 0.1) is 12.2 Å². The Morgan fingerprint density at radius 1 is 1.15 bits per heavy atom. The molecule has 8 heteroatoms. The maximum Gasteiger partial charge on any atom is 0.240 e. The Labute approximate surface area is 198 Å². The Morgan fingerprint density at radius 2 is 1.97 bits per heavy atom. The Bertz CT molecular complexity index is 1110. The number of anilines is 1. The van der Waals surface area contributed by atoms with Gasteiger partial charge in [-0.25, -0.2) is 4.68 Å². The van der Waals surface area contributed by atoms with Crippen LogP contribution in [0.3, 0.4) is 0 Å². The summed E-state index contributed by atoms with van der Waals surface area (Å²) in [6.45, 7) is 2.79. The topological polar surface area (TPSA) is 70.5 Å². The Hall–Kier alpha value is -3.16. The van der Waals surface area contributed by atoms with Crippen LogP contribution in [0.25, 0.3) is 11.3 Å². The number of nitrogens with one attached hydrogen (secondary N) is 1. The van der Waals surface area contributed by atoms with E-state index in [1.165, 1.54) is 10.5 Å². The number of hydrogen-bond donors (Lipinski definition) is 1. The first kappa shape index (κ1) is 23.0. The van der Waals surface area contributed by atoms with Crippen molar-refractivity contribution in [3.8, 4) is 11.3 Å². The number of halogens is 1. The maximum atomic E-state index is 12.6. The van der Waals surface area contributed by atoms with E-state index in [9.17, 15) is 9.59 Å². The summed E-state index contributed by atoms with van der Waals surface area (Å²) in [5.41, 5.74) is 2.87. The number of aryl methyl sites for hydroxylation is 1. The third-order valence-corrected chi connectivity index (χ3v) is 5.87. The van der Waals surface area contributed by atoms with Crippen LogP contribution in [-0.2, 0) is 22.7 Å². The number of aromatic nitrogens is 2. The largest absolute Gasteiger partial charge is 0.354 e. The number of fused-ring (bicyclic) bond motifs is 1. The molecule has 7 nitrogen and oxygen atoms in total. The van der Waals surface area contributed by atoms with E-state index >= 15 is 0 Å². The molecule has 0 bridgehead atoms. The van der Waals surface area contributed by atoms with Gasteiger partial charge in [0, 0.05) is 36.2 Å². The Morgan fingerprint density at radius 3 is 2.76 bits per heavy atom. The van der Waals surface area contributed by atoms with Crippen molar-refractivity contribution in [2.24, 2.45) is 0 Å². The van der Waals surface area contributed by atoms with Crippen LogP contribution in [0.15, 0.2) is 60.7 Å². The normalized spacial score (nSPS) is 13.3. The highest BCUT2D eigenvalue weighted by Gasteiger charge is 2.28. The maximum absolute atomic E-state index is 12.6. The van der Waals surface area contributed by atoms with Crippen molar-refractivity contribution in [2.45, 2.75) is 25.9 Å². The molecule has 1 aromatic heterocycles. The lowest BCUT2D eigenvalue weighted by atomic mass is 10.1. The summed E-state index contributed by atoms with van der Waals surface area (Å²) >= 11 is 6.11. The first-order valence-corrected chi connectivity index (χ1v) is 11.5. The lowest BCUT2D eigenvalue weighted by Crippen LogP contribution is -2.44. The fraction of sp³-hybridized carbons (Fsp3) is 0.320. The van der Waals surface area contributed by atoms with E-state index in [1.807, 2.05) is 42.5 Å². The van der Waals surface area contributed by atoms with Crippen molar-refractivity contribution in [2.75, 3.05) is 31.6 Å². The second kappa shape index (κ2) is 10.6. The lowest BCUT2D eigenvalue weighted by Gasteiger charge is -2.27. The molecule has 33 heavy (non-hydrogen) atoms. The molecule has 0 saturated heterocycles. The molecule has 0 atom stereocenters. The van der Waals surface area contributed by atoms with Crippen LogP contribution < -0.4 is 10.2 Å². The van der Waals surface area contributed by atoms with Crippen LogP contribution in [0.2, 0.25) is 5.02 Å². The molecule has 0 fully saturated rings. The first-order chi connectivity index (χ1) is 16.0. The molecule has 172 valence electrons. The quantitative estimate of drug-likeness (QED) is 0.490. The van der Waals surface area contributed by atoms with Crippen molar-refractivity contribution >= 4 is 29.2 Å². The monoisotopic (exact) mass is 465 g/mol. The molecule has 2 aromatic carbocycles. The number of amides is 2. The molecular weight excluding hydrogens is 438 g/mol. The van der Waals surface area contributed by atoms with Crippen LogP contribution in [0.5, 0.6) is 0 Å². The average Bonchev–Trinajstić information content (AvgIpc) is 3.24. The molecule has 0 unspecified atom stereocenters. The van der Waals surface area contributed by atoms with Gasteiger partial charge in [-0.1, -0.05) is 54.1 Å². The van der Waals surface area contributed by atoms with Crippen LogP contribution in [0.1, 0.15) is 18.4 Å². The van der Waals surface area contributed by atoms with Crippen LogP contribution in [0, 0.1) is 0 Å². The van der Waals surface area contributed by atoms with Gasteiger partial charge in [0.25, 0.3) is 0 Å². The molecule has 1 N–H and O–H groups in total.